The molecule has 1 atom stereocenters. The van der Waals surface area contributed by atoms with Crippen LogP contribution in [0.5, 0.6) is 0 Å². The summed E-state index contributed by atoms with van der Waals surface area (Å²) in [4.78, 5) is 21.9. The lowest BCUT2D eigenvalue weighted by Gasteiger charge is -2.14. The number of aliphatic carboxylic acids is 1. The Labute approximate surface area is 115 Å². The second kappa shape index (κ2) is 7.57. The number of unbranched alkanes of at least 4 members (excludes halogenated alkanes) is 1. The molecule has 0 fully saturated rings. The van der Waals surface area contributed by atoms with Crippen LogP contribution in [0.25, 0.3) is 0 Å². The van der Waals surface area contributed by atoms with Crippen molar-refractivity contribution >= 4 is 11.9 Å². The van der Waals surface area contributed by atoms with Crippen LogP contribution < -0.4 is 5.32 Å². The largest absolute Gasteiger partial charge is 0.481 e. The number of amides is 1. The van der Waals surface area contributed by atoms with Gasteiger partial charge in [-0.2, -0.15) is 0 Å². The molecular formula is C14H17F2NO3. The maximum absolute atomic E-state index is 13.1. The maximum Gasteiger partial charge on any atom is 0.303 e. The van der Waals surface area contributed by atoms with Gasteiger partial charge >= 0.3 is 5.97 Å². The molecule has 20 heavy (non-hydrogen) atoms. The van der Waals surface area contributed by atoms with E-state index in [1.165, 1.54) is 6.07 Å². The third kappa shape index (κ3) is 5.34. The van der Waals surface area contributed by atoms with Gasteiger partial charge in [-0.25, -0.2) is 8.78 Å². The zero-order valence-corrected chi connectivity index (χ0v) is 11.2. The highest BCUT2D eigenvalue weighted by atomic mass is 19.2. The average Bonchev–Trinajstić information content (AvgIpc) is 2.37. The average molecular weight is 285 g/mol. The summed E-state index contributed by atoms with van der Waals surface area (Å²) in [5.74, 6) is -3.01. The van der Waals surface area contributed by atoms with Gasteiger partial charge in [0.15, 0.2) is 11.6 Å². The summed E-state index contributed by atoms with van der Waals surface area (Å²) >= 11 is 0. The Kier molecular flexibility index (Phi) is 6.09. The smallest absolute Gasteiger partial charge is 0.303 e. The monoisotopic (exact) mass is 285 g/mol. The standard InChI is InChI=1S/C14H17F2NO3/c1-9(10-6-7-11(15)12(16)8-10)17-13(18)4-2-3-5-14(19)20/h6-9H,2-5H2,1H3,(H,17,18)(H,19,20). The normalized spacial score (nSPS) is 11.9. The number of hydrogen-bond donors (Lipinski definition) is 2. The van der Waals surface area contributed by atoms with Crippen LogP contribution in [0.1, 0.15) is 44.2 Å². The molecule has 0 spiro atoms. The van der Waals surface area contributed by atoms with E-state index in [0.29, 0.717) is 18.4 Å². The third-order valence-electron chi connectivity index (χ3n) is 2.87. The first-order valence-corrected chi connectivity index (χ1v) is 6.36. The van der Waals surface area contributed by atoms with Crippen molar-refractivity contribution in [3.63, 3.8) is 0 Å². The number of carboxylic acids is 1. The zero-order chi connectivity index (χ0) is 15.1. The van der Waals surface area contributed by atoms with Gasteiger partial charge in [0.05, 0.1) is 6.04 Å². The topological polar surface area (TPSA) is 66.4 Å². The molecule has 1 unspecified atom stereocenters. The van der Waals surface area contributed by atoms with E-state index in [1.54, 1.807) is 6.92 Å². The van der Waals surface area contributed by atoms with E-state index in [1.807, 2.05) is 0 Å². The first-order valence-electron chi connectivity index (χ1n) is 6.36. The first kappa shape index (κ1) is 16.1. The van der Waals surface area contributed by atoms with E-state index in [4.69, 9.17) is 5.11 Å². The Hall–Kier alpha value is -1.98. The van der Waals surface area contributed by atoms with Crippen molar-refractivity contribution in [2.75, 3.05) is 0 Å². The fraction of sp³-hybridized carbons (Fsp3) is 0.429. The fourth-order valence-corrected chi connectivity index (χ4v) is 1.74. The second-order valence-electron chi connectivity index (χ2n) is 4.56. The summed E-state index contributed by atoms with van der Waals surface area (Å²) in [6, 6.07) is 3.04. The first-order chi connectivity index (χ1) is 9.40. The summed E-state index contributed by atoms with van der Waals surface area (Å²) in [6.45, 7) is 1.67. The van der Waals surface area contributed by atoms with Crippen LogP contribution in [0.2, 0.25) is 0 Å². The molecule has 1 aromatic carbocycles. The van der Waals surface area contributed by atoms with Crippen LogP contribution in [0, 0.1) is 11.6 Å². The number of carboxylic acid groups (broad SMARTS) is 1. The number of rotatable bonds is 7. The number of hydrogen-bond acceptors (Lipinski definition) is 2. The summed E-state index contributed by atoms with van der Waals surface area (Å²) < 4.78 is 25.8. The minimum atomic E-state index is -0.954. The lowest BCUT2D eigenvalue weighted by atomic mass is 10.1. The Balaban J connectivity index is 2.41. The summed E-state index contributed by atoms with van der Waals surface area (Å²) in [5, 5.41) is 11.1. The highest BCUT2D eigenvalue weighted by Crippen LogP contribution is 2.16. The Morgan fingerprint density at radius 2 is 1.85 bits per heavy atom. The van der Waals surface area contributed by atoms with E-state index < -0.39 is 23.6 Å². The molecule has 0 aliphatic heterocycles. The molecule has 110 valence electrons. The maximum atomic E-state index is 13.1. The van der Waals surface area contributed by atoms with E-state index in [9.17, 15) is 18.4 Å². The molecule has 0 saturated carbocycles. The molecular weight excluding hydrogens is 268 g/mol. The quantitative estimate of drug-likeness (QED) is 0.757. The Morgan fingerprint density at radius 3 is 2.45 bits per heavy atom. The number of carbonyl (C=O) groups is 2. The fourth-order valence-electron chi connectivity index (χ4n) is 1.74. The van der Waals surface area contributed by atoms with Crippen LogP contribution in [0.4, 0.5) is 8.78 Å². The van der Waals surface area contributed by atoms with Crippen molar-refractivity contribution in [3.05, 3.63) is 35.4 Å². The molecule has 0 aliphatic carbocycles. The van der Waals surface area contributed by atoms with Crippen LogP contribution >= 0.6 is 0 Å². The van der Waals surface area contributed by atoms with Gasteiger partial charge in [0.25, 0.3) is 0 Å². The Morgan fingerprint density at radius 1 is 1.20 bits per heavy atom. The van der Waals surface area contributed by atoms with Crippen molar-refractivity contribution in [1.29, 1.82) is 0 Å². The predicted molar refractivity (Wildman–Crippen MR) is 69.0 cm³/mol. The predicted octanol–water partition coefficient (Wildman–Crippen LogP) is 2.79. The van der Waals surface area contributed by atoms with Gasteiger partial charge in [0, 0.05) is 12.8 Å². The van der Waals surface area contributed by atoms with Crippen molar-refractivity contribution in [2.24, 2.45) is 0 Å². The summed E-state index contributed by atoms with van der Waals surface area (Å²) in [5.41, 5.74) is 0.475. The van der Waals surface area contributed by atoms with E-state index >= 15 is 0 Å². The summed E-state index contributed by atoms with van der Waals surface area (Å²) in [7, 11) is 0. The molecule has 0 aliphatic rings. The molecule has 0 saturated heterocycles. The van der Waals surface area contributed by atoms with Crippen molar-refractivity contribution in [1.82, 2.24) is 5.32 Å². The lowest BCUT2D eigenvalue weighted by Crippen LogP contribution is -2.26. The van der Waals surface area contributed by atoms with Crippen molar-refractivity contribution in [2.45, 2.75) is 38.6 Å². The molecule has 0 aromatic heterocycles. The number of halogens is 2. The summed E-state index contributed by atoms with van der Waals surface area (Å²) in [6.07, 6.45) is 1.15. The van der Waals surface area contributed by atoms with E-state index in [0.717, 1.165) is 12.1 Å². The van der Waals surface area contributed by atoms with Crippen LogP contribution in [0.15, 0.2) is 18.2 Å². The number of benzene rings is 1. The molecule has 0 heterocycles. The minimum Gasteiger partial charge on any atom is -0.481 e. The lowest BCUT2D eigenvalue weighted by molar-refractivity contribution is -0.137. The third-order valence-corrected chi connectivity index (χ3v) is 2.87. The molecule has 4 nitrogen and oxygen atoms in total. The van der Waals surface area contributed by atoms with Crippen LogP contribution in [-0.4, -0.2) is 17.0 Å². The molecule has 0 bridgehead atoms. The molecule has 1 aromatic rings. The minimum absolute atomic E-state index is 0.0337. The highest BCUT2D eigenvalue weighted by molar-refractivity contribution is 5.76. The van der Waals surface area contributed by atoms with Crippen LogP contribution in [-0.2, 0) is 9.59 Å². The van der Waals surface area contributed by atoms with Crippen molar-refractivity contribution < 1.29 is 23.5 Å². The molecule has 6 heteroatoms. The van der Waals surface area contributed by atoms with Crippen molar-refractivity contribution in [3.8, 4) is 0 Å². The van der Waals surface area contributed by atoms with Gasteiger partial charge in [0.2, 0.25) is 5.91 Å². The molecule has 2 N–H and O–H groups in total. The van der Waals surface area contributed by atoms with E-state index in [-0.39, 0.29) is 18.7 Å². The van der Waals surface area contributed by atoms with Gasteiger partial charge < -0.3 is 10.4 Å². The highest BCUT2D eigenvalue weighted by Gasteiger charge is 2.12. The number of nitrogens with one attached hydrogen (secondary N) is 1. The van der Waals surface area contributed by atoms with Gasteiger partial charge in [0.1, 0.15) is 0 Å². The second-order valence-corrected chi connectivity index (χ2v) is 4.56. The van der Waals surface area contributed by atoms with Gasteiger partial charge in [-0.05, 0) is 37.5 Å². The van der Waals surface area contributed by atoms with Crippen LogP contribution in [0.3, 0.4) is 0 Å². The van der Waals surface area contributed by atoms with E-state index in [2.05, 4.69) is 5.32 Å². The van der Waals surface area contributed by atoms with Gasteiger partial charge in [-0.3, -0.25) is 9.59 Å². The van der Waals surface area contributed by atoms with Gasteiger partial charge in [-0.1, -0.05) is 6.07 Å². The SMILES string of the molecule is CC(NC(=O)CCCCC(=O)O)c1ccc(F)c(F)c1. The molecule has 1 rings (SSSR count). The zero-order valence-electron chi connectivity index (χ0n) is 11.2. The molecule has 0 radical (unpaired) electrons. The Bertz CT molecular complexity index is 491. The molecule has 1 amide bonds. The van der Waals surface area contributed by atoms with Gasteiger partial charge in [-0.15, -0.1) is 0 Å². The number of carbonyl (C=O) groups excluding carboxylic acids is 1.